The molecule has 0 amide bonds. The van der Waals surface area contributed by atoms with Crippen LogP contribution in [0.25, 0.3) is 0 Å². The third kappa shape index (κ3) is 2.56. The second-order valence-electron chi connectivity index (χ2n) is 2.40. The Morgan fingerprint density at radius 3 is 3.08 bits per heavy atom. The first-order valence-corrected chi connectivity index (χ1v) is 3.93. The maximum atomic E-state index is 5.77. The Hall–Kier alpha value is -1.00. The fourth-order valence-electron chi connectivity index (χ4n) is 0.850. The first kappa shape index (κ1) is 9.09. The number of rotatable bonds is 4. The van der Waals surface area contributed by atoms with Crippen molar-refractivity contribution in [1.29, 1.82) is 0 Å². The molecule has 0 aliphatic carbocycles. The van der Waals surface area contributed by atoms with Gasteiger partial charge >= 0.3 is 0 Å². The first-order chi connectivity index (χ1) is 5.84. The highest BCUT2D eigenvalue weighted by Crippen LogP contribution is 2.04. The molecule has 1 aromatic heterocycles. The maximum absolute atomic E-state index is 5.77. The Morgan fingerprint density at radius 1 is 1.67 bits per heavy atom. The third-order valence-electron chi connectivity index (χ3n) is 1.49. The van der Waals surface area contributed by atoms with Gasteiger partial charge in [-0.15, -0.1) is 0 Å². The quantitative estimate of drug-likeness (QED) is 0.709. The van der Waals surface area contributed by atoms with Gasteiger partial charge in [-0.2, -0.15) is 0 Å². The molecule has 12 heavy (non-hydrogen) atoms. The van der Waals surface area contributed by atoms with E-state index in [0.29, 0.717) is 13.2 Å². The molecule has 0 aromatic carbocycles. The molecule has 0 radical (unpaired) electrons. The summed E-state index contributed by atoms with van der Waals surface area (Å²) in [4.78, 5) is 7.82. The second kappa shape index (κ2) is 4.79. The fourth-order valence-corrected chi connectivity index (χ4v) is 0.850. The number of hydrogen-bond donors (Lipinski definition) is 1. The standard InChI is InChI=1S/C8H13N3O/c1-2-12-5-7(9)8-3-4-10-6-11-8/h3-4,6-7H,2,5,9H2,1H3. The van der Waals surface area contributed by atoms with Crippen LogP contribution in [0, 0.1) is 0 Å². The average molecular weight is 167 g/mol. The van der Waals surface area contributed by atoms with Gasteiger partial charge in [0.25, 0.3) is 0 Å². The Labute approximate surface area is 71.8 Å². The van der Waals surface area contributed by atoms with Crippen LogP contribution in [0.15, 0.2) is 18.6 Å². The lowest BCUT2D eigenvalue weighted by Gasteiger charge is -2.09. The highest BCUT2D eigenvalue weighted by molar-refractivity contribution is 5.03. The van der Waals surface area contributed by atoms with Crippen LogP contribution in [0.5, 0.6) is 0 Å². The number of aromatic nitrogens is 2. The Bertz CT molecular complexity index is 215. The normalized spacial score (nSPS) is 12.8. The van der Waals surface area contributed by atoms with E-state index in [1.807, 2.05) is 6.92 Å². The Balaban J connectivity index is 2.48. The fraction of sp³-hybridized carbons (Fsp3) is 0.500. The number of nitrogens with two attached hydrogens (primary N) is 1. The van der Waals surface area contributed by atoms with Crippen LogP contribution in [0.3, 0.4) is 0 Å². The van der Waals surface area contributed by atoms with Crippen molar-refractivity contribution in [2.45, 2.75) is 13.0 Å². The maximum Gasteiger partial charge on any atom is 0.115 e. The summed E-state index contributed by atoms with van der Waals surface area (Å²) < 4.78 is 5.16. The van der Waals surface area contributed by atoms with E-state index in [2.05, 4.69) is 9.97 Å². The molecule has 1 unspecified atom stereocenters. The van der Waals surface area contributed by atoms with E-state index < -0.39 is 0 Å². The monoisotopic (exact) mass is 167 g/mol. The van der Waals surface area contributed by atoms with Gasteiger partial charge in [-0.05, 0) is 13.0 Å². The topological polar surface area (TPSA) is 61.0 Å². The van der Waals surface area contributed by atoms with Gasteiger partial charge in [0, 0.05) is 12.8 Å². The molecule has 0 aliphatic rings. The van der Waals surface area contributed by atoms with Crippen LogP contribution in [-0.2, 0) is 4.74 Å². The van der Waals surface area contributed by atoms with Gasteiger partial charge in [0.05, 0.1) is 18.3 Å². The molecule has 0 saturated carbocycles. The van der Waals surface area contributed by atoms with E-state index >= 15 is 0 Å². The molecule has 1 heterocycles. The lowest BCUT2D eigenvalue weighted by Crippen LogP contribution is -2.18. The predicted molar refractivity (Wildman–Crippen MR) is 45.5 cm³/mol. The minimum atomic E-state index is -0.145. The minimum absolute atomic E-state index is 0.145. The third-order valence-corrected chi connectivity index (χ3v) is 1.49. The summed E-state index contributed by atoms with van der Waals surface area (Å²) in [5.41, 5.74) is 6.58. The zero-order valence-electron chi connectivity index (χ0n) is 7.10. The summed E-state index contributed by atoms with van der Waals surface area (Å²) in [6, 6.07) is 1.65. The molecule has 1 aromatic rings. The van der Waals surface area contributed by atoms with Crippen LogP contribution >= 0.6 is 0 Å². The van der Waals surface area contributed by atoms with Gasteiger partial charge in [0.15, 0.2) is 0 Å². The van der Waals surface area contributed by atoms with E-state index in [-0.39, 0.29) is 6.04 Å². The molecule has 4 heteroatoms. The molecule has 1 rings (SSSR count). The van der Waals surface area contributed by atoms with Crippen molar-refractivity contribution in [2.24, 2.45) is 5.73 Å². The molecule has 66 valence electrons. The summed E-state index contributed by atoms with van der Waals surface area (Å²) in [5, 5.41) is 0. The SMILES string of the molecule is CCOCC(N)c1ccncn1. The van der Waals surface area contributed by atoms with E-state index in [1.54, 1.807) is 12.3 Å². The highest BCUT2D eigenvalue weighted by atomic mass is 16.5. The molecular weight excluding hydrogens is 154 g/mol. The molecule has 1 atom stereocenters. The average Bonchev–Trinajstić information content (AvgIpc) is 2.15. The summed E-state index contributed by atoms with van der Waals surface area (Å²) >= 11 is 0. The Morgan fingerprint density at radius 2 is 2.50 bits per heavy atom. The van der Waals surface area contributed by atoms with Crippen LogP contribution in [0.2, 0.25) is 0 Å². The summed E-state index contributed by atoms with van der Waals surface area (Å²) in [5.74, 6) is 0. The van der Waals surface area contributed by atoms with Gasteiger partial charge in [0.1, 0.15) is 6.33 Å². The number of ether oxygens (including phenoxy) is 1. The van der Waals surface area contributed by atoms with Crippen molar-refractivity contribution in [3.05, 3.63) is 24.3 Å². The zero-order valence-corrected chi connectivity index (χ0v) is 7.10. The van der Waals surface area contributed by atoms with E-state index in [1.165, 1.54) is 6.33 Å². The summed E-state index contributed by atoms with van der Waals surface area (Å²) in [6.45, 7) is 3.12. The van der Waals surface area contributed by atoms with Gasteiger partial charge in [-0.3, -0.25) is 0 Å². The molecule has 0 spiro atoms. The van der Waals surface area contributed by atoms with Crippen molar-refractivity contribution >= 4 is 0 Å². The van der Waals surface area contributed by atoms with Gasteiger partial charge in [-0.25, -0.2) is 9.97 Å². The Kier molecular flexibility index (Phi) is 3.63. The molecular formula is C8H13N3O. The van der Waals surface area contributed by atoms with E-state index in [4.69, 9.17) is 10.5 Å². The van der Waals surface area contributed by atoms with Crippen molar-refractivity contribution < 1.29 is 4.74 Å². The largest absolute Gasteiger partial charge is 0.380 e. The van der Waals surface area contributed by atoms with E-state index in [9.17, 15) is 0 Å². The van der Waals surface area contributed by atoms with Crippen molar-refractivity contribution in [3.63, 3.8) is 0 Å². The van der Waals surface area contributed by atoms with Crippen LogP contribution in [-0.4, -0.2) is 23.2 Å². The molecule has 0 fully saturated rings. The van der Waals surface area contributed by atoms with Crippen LogP contribution < -0.4 is 5.73 Å². The van der Waals surface area contributed by atoms with Gasteiger partial charge in [-0.1, -0.05) is 0 Å². The second-order valence-corrected chi connectivity index (χ2v) is 2.40. The summed E-state index contributed by atoms with van der Waals surface area (Å²) in [7, 11) is 0. The van der Waals surface area contributed by atoms with Crippen LogP contribution in [0.1, 0.15) is 18.7 Å². The summed E-state index contributed by atoms with van der Waals surface area (Å²) in [6.07, 6.45) is 3.16. The first-order valence-electron chi connectivity index (χ1n) is 3.93. The van der Waals surface area contributed by atoms with E-state index in [0.717, 1.165) is 5.69 Å². The zero-order chi connectivity index (χ0) is 8.81. The number of nitrogens with zero attached hydrogens (tertiary/aromatic N) is 2. The molecule has 2 N–H and O–H groups in total. The minimum Gasteiger partial charge on any atom is -0.380 e. The van der Waals surface area contributed by atoms with Gasteiger partial charge in [0.2, 0.25) is 0 Å². The highest BCUT2D eigenvalue weighted by Gasteiger charge is 2.05. The van der Waals surface area contributed by atoms with Crippen LogP contribution in [0.4, 0.5) is 0 Å². The predicted octanol–water partition coefficient (Wildman–Crippen LogP) is 0.513. The van der Waals surface area contributed by atoms with Crippen molar-refractivity contribution in [3.8, 4) is 0 Å². The lowest BCUT2D eigenvalue weighted by atomic mass is 10.2. The van der Waals surface area contributed by atoms with Gasteiger partial charge < -0.3 is 10.5 Å². The molecule has 4 nitrogen and oxygen atoms in total. The molecule has 0 bridgehead atoms. The number of hydrogen-bond acceptors (Lipinski definition) is 4. The van der Waals surface area contributed by atoms with Crippen molar-refractivity contribution in [2.75, 3.05) is 13.2 Å². The molecule has 0 aliphatic heterocycles. The smallest absolute Gasteiger partial charge is 0.115 e. The molecule has 0 saturated heterocycles. The van der Waals surface area contributed by atoms with Crippen molar-refractivity contribution in [1.82, 2.24) is 9.97 Å². The lowest BCUT2D eigenvalue weighted by molar-refractivity contribution is 0.132.